The molecule has 3 unspecified atom stereocenters. The molecule has 3 atom stereocenters. The van der Waals surface area contributed by atoms with Gasteiger partial charge in [0.05, 0.1) is 29.3 Å². The highest BCUT2D eigenvalue weighted by atomic mass is 16.5. The second kappa shape index (κ2) is 7.08. The Labute approximate surface area is 151 Å². The Balaban J connectivity index is 1.39. The molecule has 4 rings (SSSR count). The Morgan fingerprint density at radius 3 is 2.42 bits per heavy atom. The van der Waals surface area contributed by atoms with Crippen LogP contribution < -0.4 is 0 Å². The molecule has 2 bridgehead atoms. The minimum atomic E-state index is -0.215. The van der Waals surface area contributed by atoms with Gasteiger partial charge >= 0.3 is 11.7 Å². The van der Waals surface area contributed by atoms with Gasteiger partial charge in [0.1, 0.15) is 6.61 Å². The number of esters is 1. The van der Waals surface area contributed by atoms with Crippen molar-refractivity contribution in [3.63, 3.8) is 0 Å². The predicted octanol–water partition coefficient (Wildman–Crippen LogP) is 3.14. The van der Waals surface area contributed by atoms with Crippen molar-refractivity contribution in [2.24, 2.45) is 5.92 Å². The van der Waals surface area contributed by atoms with E-state index in [4.69, 9.17) is 9.47 Å². The van der Waals surface area contributed by atoms with Crippen LogP contribution in [0.1, 0.15) is 23.1 Å². The van der Waals surface area contributed by atoms with E-state index in [1.54, 1.807) is 0 Å². The summed E-state index contributed by atoms with van der Waals surface area (Å²) in [4.78, 5) is 15.6. The van der Waals surface area contributed by atoms with E-state index in [1.807, 2.05) is 66.7 Å². The van der Waals surface area contributed by atoms with E-state index in [0.29, 0.717) is 12.1 Å². The largest absolute Gasteiger partial charge is 0.461 e. The lowest BCUT2D eigenvalue weighted by molar-refractivity contribution is -0.150. The zero-order valence-corrected chi connectivity index (χ0v) is 14.1. The lowest BCUT2D eigenvalue weighted by Gasteiger charge is -2.14. The van der Waals surface area contributed by atoms with Crippen molar-refractivity contribution < 1.29 is 19.1 Å². The molecule has 2 aliphatic rings. The summed E-state index contributed by atoms with van der Waals surface area (Å²) in [5.74, 6) is -0.414. The zero-order chi connectivity index (χ0) is 17.9. The van der Waals surface area contributed by atoms with Gasteiger partial charge in [-0.3, -0.25) is 4.79 Å². The van der Waals surface area contributed by atoms with Gasteiger partial charge in [-0.15, -0.1) is 0 Å². The Bertz CT molecular complexity index is 883. The van der Waals surface area contributed by atoms with Gasteiger partial charge in [-0.2, -0.15) is 4.79 Å². The summed E-state index contributed by atoms with van der Waals surface area (Å²) < 4.78 is 11.0. The van der Waals surface area contributed by atoms with Gasteiger partial charge in [0.25, 0.3) is 0 Å². The average Bonchev–Trinajstić information content (AvgIpc) is 3.32. The first-order valence-electron chi connectivity index (χ1n) is 8.62. The van der Waals surface area contributed by atoms with Gasteiger partial charge < -0.3 is 15.0 Å². The van der Waals surface area contributed by atoms with Crippen molar-refractivity contribution in [2.45, 2.75) is 25.2 Å². The molecule has 2 heterocycles. The highest BCUT2D eigenvalue weighted by molar-refractivity contribution is 6.09. The first kappa shape index (κ1) is 16.5. The number of rotatable bonds is 5. The standard InChI is InChI=1S/C21H18N2O3/c22-23-20(15-4-2-1-3-5-15)16-8-6-14(7-9-16)13-25-21(24)18-12-17-10-11-19(18)26-17/h1-11,17-19H,12-13H2. The molecule has 0 aliphatic carbocycles. The maximum absolute atomic E-state index is 12.2. The summed E-state index contributed by atoms with van der Waals surface area (Å²) in [6.45, 7) is 0.216. The van der Waals surface area contributed by atoms with E-state index < -0.39 is 0 Å². The summed E-state index contributed by atoms with van der Waals surface area (Å²) in [6, 6.07) is 16.9. The van der Waals surface area contributed by atoms with Crippen molar-refractivity contribution in [3.05, 3.63) is 89.0 Å². The molecule has 0 N–H and O–H groups in total. The number of carbonyl (C=O) groups is 1. The van der Waals surface area contributed by atoms with Crippen LogP contribution in [0.15, 0.2) is 66.7 Å². The number of carbonyl (C=O) groups excluding carboxylic acids is 1. The molecule has 0 saturated carbocycles. The van der Waals surface area contributed by atoms with Crippen LogP contribution in [0.4, 0.5) is 0 Å². The average molecular weight is 346 g/mol. The molecular formula is C21H18N2O3. The molecule has 2 aromatic carbocycles. The van der Waals surface area contributed by atoms with Crippen LogP contribution >= 0.6 is 0 Å². The summed E-state index contributed by atoms with van der Waals surface area (Å²) in [5.41, 5.74) is 12.4. The third-order valence-electron chi connectivity index (χ3n) is 4.79. The minimum Gasteiger partial charge on any atom is -0.461 e. The molecule has 0 aromatic heterocycles. The first-order valence-corrected chi connectivity index (χ1v) is 8.62. The second-order valence-electron chi connectivity index (χ2n) is 6.49. The van der Waals surface area contributed by atoms with Crippen molar-refractivity contribution in [1.29, 1.82) is 0 Å². The fraction of sp³-hybridized carbons (Fsp3) is 0.238. The van der Waals surface area contributed by atoms with Crippen LogP contribution in [0.5, 0.6) is 0 Å². The molecule has 0 amide bonds. The van der Waals surface area contributed by atoms with Crippen LogP contribution in [0.25, 0.3) is 5.53 Å². The third kappa shape index (κ3) is 3.23. The molecule has 0 radical (unpaired) electrons. The normalized spacial score (nSPS) is 22.8. The number of benzene rings is 2. The lowest BCUT2D eigenvalue weighted by Crippen LogP contribution is -2.25. The zero-order valence-electron chi connectivity index (χ0n) is 14.1. The molecule has 2 aliphatic heterocycles. The highest BCUT2D eigenvalue weighted by Gasteiger charge is 2.41. The smallest absolute Gasteiger partial charge is 0.329 e. The van der Waals surface area contributed by atoms with E-state index >= 15 is 0 Å². The number of nitrogens with zero attached hydrogens (tertiary/aromatic N) is 2. The molecule has 1 fully saturated rings. The van der Waals surface area contributed by atoms with E-state index in [1.165, 1.54) is 0 Å². The van der Waals surface area contributed by atoms with Crippen molar-refractivity contribution in [1.82, 2.24) is 0 Å². The summed E-state index contributed by atoms with van der Waals surface area (Å²) in [7, 11) is 0. The fourth-order valence-electron chi connectivity index (χ4n) is 3.40. The second-order valence-corrected chi connectivity index (χ2v) is 6.49. The van der Waals surface area contributed by atoms with Gasteiger partial charge in [0.15, 0.2) is 0 Å². The molecule has 1 saturated heterocycles. The lowest BCUT2D eigenvalue weighted by atomic mass is 9.94. The SMILES string of the molecule is [N-]=[N+]=C(c1ccccc1)c1ccc(COC(=O)C2CC3C=CC2O3)cc1. The van der Waals surface area contributed by atoms with Crippen LogP contribution in [0.3, 0.4) is 0 Å². The van der Waals surface area contributed by atoms with Gasteiger partial charge in [-0.25, -0.2) is 0 Å². The van der Waals surface area contributed by atoms with Crippen LogP contribution in [0.2, 0.25) is 0 Å². The van der Waals surface area contributed by atoms with Crippen LogP contribution in [-0.4, -0.2) is 28.7 Å². The molecule has 5 nitrogen and oxygen atoms in total. The minimum absolute atomic E-state index is 0.0611. The quantitative estimate of drug-likeness (QED) is 0.274. The third-order valence-corrected chi connectivity index (χ3v) is 4.79. The van der Waals surface area contributed by atoms with Gasteiger partial charge in [-0.05, 0) is 36.2 Å². The predicted molar refractivity (Wildman–Crippen MR) is 95.4 cm³/mol. The van der Waals surface area contributed by atoms with Crippen LogP contribution in [0, 0.1) is 5.92 Å². The summed E-state index contributed by atoms with van der Waals surface area (Å²) in [5, 5.41) is 0. The first-order chi connectivity index (χ1) is 12.7. The Kier molecular flexibility index (Phi) is 4.48. The molecule has 0 spiro atoms. The van der Waals surface area contributed by atoms with Crippen molar-refractivity contribution in [2.75, 3.05) is 0 Å². The number of fused-ring (bicyclic) bond motifs is 2. The molecular weight excluding hydrogens is 328 g/mol. The van der Waals surface area contributed by atoms with E-state index in [2.05, 4.69) is 4.79 Å². The topological polar surface area (TPSA) is 71.9 Å². The van der Waals surface area contributed by atoms with E-state index in [9.17, 15) is 10.3 Å². The number of ether oxygens (including phenoxy) is 2. The van der Waals surface area contributed by atoms with E-state index in [-0.39, 0.29) is 30.7 Å². The molecule has 5 heteroatoms. The van der Waals surface area contributed by atoms with E-state index in [0.717, 1.165) is 16.7 Å². The van der Waals surface area contributed by atoms with Crippen molar-refractivity contribution >= 4 is 11.7 Å². The highest BCUT2D eigenvalue weighted by Crippen LogP contribution is 2.34. The molecule has 26 heavy (non-hydrogen) atoms. The van der Waals surface area contributed by atoms with Gasteiger partial charge in [0, 0.05) is 0 Å². The number of hydrogen-bond donors (Lipinski definition) is 0. The fourth-order valence-corrected chi connectivity index (χ4v) is 3.40. The Hall–Kier alpha value is -3.01. The molecule has 130 valence electrons. The maximum atomic E-state index is 12.2. The van der Waals surface area contributed by atoms with Crippen LogP contribution in [-0.2, 0) is 20.9 Å². The van der Waals surface area contributed by atoms with Gasteiger partial charge in [0.2, 0.25) is 0 Å². The summed E-state index contributed by atoms with van der Waals surface area (Å²) >= 11 is 0. The van der Waals surface area contributed by atoms with Crippen molar-refractivity contribution in [3.8, 4) is 0 Å². The Morgan fingerprint density at radius 2 is 1.81 bits per heavy atom. The number of hydrogen-bond acceptors (Lipinski definition) is 3. The molecule has 2 aromatic rings. The monoisotopic (exact) mass is 346 g/mol. The van der Waals surface area contributed by atoms with Gasteiger partial charge in [-0.1, -0.05) is 42.5 Å². The Morgan fingerprint density at radius 1 is 1.08 bits per heavy atom. The summed E-state index contributed by atoms with van der Waals surface area (Å²) in [6.07, 6.45) is 4.57. The maximum Gasteiger partial charge on any atom is 0.329 e.